The van der Waals surface area contributed by atoms with E-state index in [1.54, 1.807) is 24.3 Å². The summed E-state index contributed by atoms with van der Waals surface area (Å²) in [6.45, 7) is 0.140. The zero-order chi connectivity index (χ0) is 17.4. The quantitative estimate of drug-likeness (QED) is 0.623. The second kappa shape index (κ2) is 8.81. The van der Waals surface area contributed by atoms with Gasteiger partial charge in [0.1, 0.15) is 6.61 Å². The standard InChI is InChI=1S/C18H19NO5/c1-22-17(23-2)16(20)14-10-6-7-11-15(14)19-18(21)24-12-13-8-4-3-5-9-13/h3-11,17H,12H2,1-2H3,(H,19,21). The lowest BCUT2D eigenvalue weighted by molar-refractivity contribution is -0.0741. The number of hydrogen-bond acceptors (Lipinski definition) is 5. The Balaban J connectivity index is 2.04. The van der Waals surface area contributed by atoms with E-state index in [0.29, 0.717) is 5.69 Å². The van der Waals surface area contributed by atoms with E-state index in [1.807, 2.05) is 30.3 Å². The summed E-state index contributed by atoms with van der Waals surface area (Å²) < 4.78 is 15.1. The molecule has 6 heteroatoms. The molecule has 2 aromatic carbocycles. The predicted octanol–water partition coefficient (Wildman–Crippen LogP) is 3.24. The van der Waals surface area contributed by atoms with Crippen LogP contribution < -0.4 is 5.32 Å². The second-order valence-corrected chi connectivity index (χ2v) is 4.90. The molecule has 0 aliphatic rings. The molecule has 0 saturated heterocycles. The van der Waals surface area contributed by atoms with Crippen LogP contribution in [0.3, 0.4) is 0 Å². The SMILES string of the molecule is COC(OC)C(=O)c1ccccc1NC(=O)OCc1ccccc1. The molecule has 0 radical (unpaired) electrons. The van der Waals surface area contributed by atoms with Crippen LogP contribution in [-0.2, 0) is 20.8 Å². The molecule has 2 rings (SSSR count). The molecule has 0 aromatic heterocycles. The minimum Gasteiger partial charge on any atom is -0.444 e. The van der Waals surface area contributed by atoms with Crippen LogP contribution in [0.2, 0.25) is 0 Å². The molecule has 0 aliphatic heterocycles. The van der Waals surface area contributed by atoms with E-state index < -0.39 is 12.4 Å². The summed E-state index contributed by atoms with van der Waals surface area (Å²) in [6.07, 6.45) is -1.68. The first kappa shape index (κ1) is 17.7. The molecular formula is C18H19NO5. The van der Waals surface area contributed by atoms with E-state index in [9.17, 15) is 9.59 Å². The number of ether oxygens (including phenoxy) is 3. The molecule has 0 atom stereocenters. The van der Waals surface area contributed by atoms with Crippen molar-refractivity contribution in [1.82, 2.24) is 0 Å². The van der Waals surface area contributed by atoms with Gasteiger partial charge in [-0.2, -0.15) is 0 Å². The van der Waals surface area contributed by atoms with Gasteiger partial charge in [-0.15, -0.1) is 0 Å². The zero-order valence-electron chi connectivity index (χ0n) is 13.5. The fraction of sp³-hybridized carbons (Fsp3) is 0.222. The molecule has 24 heavy (non-hydrogen) atoms. The lowest BCUT2D eigenvalue weighted by Gasteiger charge is -2.15. The molecule has 6 nitrogen and oxygen atoms in total. The fourth-order valence-electron chi connectivity index (χ4n) is 2.11. The number of carbonyl (C=O) groups is 2. The Labute approximate surface area is 140 Å². The largest absolute Gasteiger partial charge is 0.444 e. The molecule has 0 aliphatic carbocycles. The minimum atomic E-state index is -1.03. The van der Waals surface area contributed by atoms with Crippen molar-refractivity contribution in [3.8, 4) is 0 Å². The average molecular weight is 329 g/mol. The summed E-state index contributed by atoms with van der Waals surface area (Å²) in [5, 5.41) is 2.57. The number of Topliss-reactive ketones (excluding diaryl/α,β-unsaturated/α-hetero) is 1. The molecule has 1 N–H and O–H groups in total. The van der Waals surface area contributed by atoms with Gasteiger partial charge >= 0.3 is 6.09 Å². The van der Waals surface area contributed by atoms with Crippen molar-refractivity contribution in [2.75, 3.05) is 19.5 Å². The fourth-order valence-corrected chi connectivity index (χ4v) is 2.11. The normalized spacial score (nSPS) is 10.5. The van der Waals surface area contributed by atoms with Gasteiger partial charge in [-0.1, -0.05) is 42.5 Å². The summed E-state index contributed by atoms with van der Waals surface area (Å²) >= 11 is 0. The molecule has 2 aromatic rings. The Hall–Kier alpha value is -2.70. The maximum Gasteiger partial charge on any atom is 0.411 e. The van der Waals surface area contributed by atoms with Crippen LogP contribution in [-0.4, -0.2) is 32.4 Å². The van der Waals surface area contributed by atoms with E-state index in [1.165, 1.54) is 14.2 Å². The molecule has 126 valence electrons. The number of para-hydroxylation sites is 1. The van der Waals surface area contributed by atoms with Crippen molar-refractivity contribution in [3.05, 3.63) is 65.7 Å². The molecule has 0 heterocycles. The molecular weight excluding hydrogens is 310 g/mol. The number of rotatable bonds is 7. The van der Waals surface area contributed by atoms with Crippen molar-refractivity contribution >= 4 is 17.6 Å². The third kappa shape index (κ3) is 4.65. The molecule has 0 saturated carbocycles. The Morgan fingerprint density at radius 3 is 2.25 bits per heavy atom. The van der Waals surface area contributed by atoms with Crippen LogP contribution in [0, 0.1) is 0 Å². The van der Waals surface area contributed by atoms with Crippen LogP contribution in [0.5, 0.6) is 0 Å². The minimum absolute atomic E-state index is 0.140. The molecule has 1 amide bonds. The van der Waals surface area contributed by atoms with E-state index in [0.717, 1.165) is 5.56 Å². The second-order valence-electron chi connectivity index (χ2n) is 4.90. The maximum absolute atomic E-state index is 12.3. The first-order valence-electron chi connectivity index (χ1n) is 7.32. The van der Waals surface area contributed by atoms with Crippen LogP contribution in [0.25, 0.3) is 0 Å². The monoisotopic (exact) mass is 329 g/mol. The van der Waals surface area contributed by atoms with Crippen molar-refractivity contribution in [3.63, 3.8) is 0 Å². The zero-order valence-corrected chi connectivity index (χ0v) is 13.5. The van der Waals surface area contributed by atoms with E-state index in [-0.39, 0.29) is 18.0 Å². The van der Waals surface area contributed by atoms with E-state index >= 15 is 0 Å². The van der Waals surface area contributed by atoms with Gasteiger partial charge in [-0.25, -0.2) is 4.79 Å². The van der Waals surface area contributed by atoms with E-state index in [2.05, 4.69) is 5.32 Å². The Morgan fingerprint density at radius 1 is 0.958 bits per heavy atom. The topological polar surface area (TPSA) is 73.9 Å². The van der Waals surface area contributed by atoms with Crippen LogP contribution in [0.15, 0.2) is 54.6 Å². The van der Waals surface area contributed by atoms with Gasteiger partial charge < -0.3 is 14.2 Å². The Bertz CT molecular complexity index is 683. The smallest absolute Gasteiger partial charge is 0.411 e. The molecule has 0 fully saturated rings. The van der Waals surface area contributed by atoms with Crippen LogP contribution >= 0.6 is 0 Å². The Morgan fingerprint density at radius 2 is 1.58 bits per heavy atom. The number of carbonyl (C=O) groups excluding carboxylic acids is 2. The predicted molar refractivity (Wildman–Crippen MR) is 88.8 cm³/mol. The lowest BCUT2D eigenvalue weighted by atomic mass is 10.1. The highest BCUT2D eigenvalue weighted by atomic mass is 16.7. The summed E-state index contributed by atoms with van der Waals surface area (Å²) in [5.74, 6) is -0.390. The highest BCUT2D eigenvalue weighted by Gasteiger charge is 2.22. The van der Waals surface area contributed by atoms with Gasteiger partial charge in [-0.3, -0.25) is 10.1 Å². The van der Waals surface area contributed by atoms with Gasteiger partial charge in [0, 0.05) is 19.8 Å². The summed E-state index contributed by atoms with van der Waals surface area (Å²) in [5.41, 5.74) is 1.48. The van der Waals surface area contributed by atoms with E-state index in [4.69, 9.17) is 14.2 Å². The average Bonchev–Trinajstić information content (AvgIpc) is 2.62. The van der Waals surface area contributed by atoms with Crippen molar-refractivity contribution in [2.24, 2.45) is 0 Å². The molecule has 0 bridgehead atoms. The van der Waals surface area contributed by atoms with Gasteiger partial charge in [0.25, 0.3) is 0 Å². The maximum atomic E-state index is 12.3. The highest BCUT2D eigenvalue weighted by Crippen LogP contribution is 2.18. The van der Waals surface area contributed by atoms with Crippen LogP contribution in [0.1, 0.15) is 15.9 Å². The third-order valence-electron chi connectivity index (χ3n) is 3.28. The third-order valence-corrected chi connectivity index (χ3v) is 3.28. The van der Waals surface area contributed by atoms with Crippen molar-refractivity contribution in [2.45, 2.75) is 12.9 Å². The van der Waals surface area contributed by atoms with Crippen molar-refractivity contribution in [1.29, 1.82) is 0 Å². The number of ketones is 1. The first-order valence-corrected chi connectivity index (χ1v) is 7.32. The van der Waals surface area contributed by atoms with Gasteiger partial charge in [0.05, 0.1) is 5.69 Å². The van der Waals surface area contributed by atoms with Crippen molar-refractivity contribution < 1.29 is 23.8 Å². The number of hydrogen-bond donors (Lipinski definition) is 1. The summed E-state index contributed by atoms with van der Waals surface area (Å²) in [6, 6.07) is 15.9. The summed E-state index contributed by atoms with van der Waals surface area (Å²) in [4.78, 5) is 24.3. The molecule has 0 spiro atoms. The van der Waals surface area contributed by atoms with Gasteiger partial charge in [0.15, 0.2) is 0 Å². The molecule has 0 unspecified atom stereocenters. The number of methoxy groups -OCH3 is 2. The first-order chi connectivity index (χ1) is 11.7. The highest BCUT2D eigenvalue weighted by molar-refractivity contribution is 6.05. The Kier molecular flexibility index (Phi) is 6.48. The number of amides is 1. The van der Waals surface area contributed by atoms with Gasteiger partial charge in [0.2, 0.25) is 12.1 Å². The number of benzene rings is 2. The van der Waals surface area contributed by atoms with Gasteiger partial charge in [-0.05, 0) is 17.7 Å². The number of anilines is 1. The lowest BCUT2D eigenvalue weighted by Crippen LogP contribution is -2.26. The van der Waals surface area contributed by atoms with Crippen LogP contribution in [0.4, 0.5) is 10.5 Å². The number of nitrogens with one attached hydrogen (secondary N) is 1. The summed E-state index contributed by atoms with van der Waals surface area (Å²) in [7, 11) is 2.74.